The van der Waals surface area contributed by atoms with Crippen molar-refractivity contribution >= 4 is 32.8 Å². The maximum Gasteiger partial charge on any atom is 0.302 e. The Labute approximate surface area is 223 Å². The monoisotopic (exact) mass is 499 g/mol. The van der Waals surface area contributed by atoms with E-state index in [2.05, 4.69) is 130 Å². The van der Waals surface area contributed by atoms with Crippen LogP contribution in [0, 0.1) is 0 Å². The lowest BCUT2D eigenvalue weighted by Gasteiger charge is -2.19. The van der Waals surface area contributed by atoms with Gasteiger partial charge < -0.3 is 9.30 Å². The second kappa shape index (κ2) is 7.73. The zero-order valence-corrected chi connectivity index (χ0v) is 23.0. The van der Waals surface area contributed by atoms with Crippen LogP contribution in [0.1, 0.15) is 58.2 Å². The van der Waals surface area contributed by atoms with E-state index in [-0.39, 0.29) is 10.8 Å². The molecular formula is C34H33N3O. The van der Waals surface area contributed by atoms with Crippen molar-refractivity contribution in [1.82, 2.24) is 14.1 Å². The number of ether oxygens (including phenoxy) is 1. The van der Waals surface area contributed by atoms with Gasteiger partial charge in [0.05, 0.1) is 27.8 Å². The van der Waals surface area contributed by atoms with E-state index in [0.29, 0.717) is 12.6 Å². The van der Waals surface area contributed by atoms with Crippen molar-refractivity contribution in [3.8, 4) is 17.4 Å². The van der Waals surface area contributed by atoms with Crippen LogP contribution >= 0.6 is 0 Å². The summed E-state index contributed by atoms with van der Waals surface area (Å²) >= 11 is 0. The van der Waals surface area contributed by atoms with Gasteiger partial charge in [0.1, 0.15) is 6.61 Å². The number of fused-ring (bicyclic) bond motifs is 8. The van der Waals surface area contributed by atoms with Crippen molar-refractivity contribution in [2.75, 3.05) is 0 Å². The molecule has 4 aromatic carbocycles. The molecule has 4 nitrogen and oxygen atoms in total. The molecule has 0 saturated carbocycles. The lowest BCUT2D eigenvalue weighted by molar-refractivity contribution is 0.265. The number of aromatic nitrogens is 3. The van der Waals surface area contributed by atoms with E-state index >= 15 is 0 Å². The predicted molar refractivity (Wildman–Crippen MR) is 157 cm³/mol. The Morgan fingerprint density at radius 3 is 1.92 bits per heavy atom. The van der Waals surface area contributed by atoms with Crippen LogP contribution in [0.2, 0.25) is 0 Å². The summed E-state index contributed by atoms with van der Waals surface area (Å²) in [6, 6.07) is 29.6. The van der Waals surface area contributed by atoms with Crippen molar-refractivity contribution < 1.29 is 4.74 Å². The highest BCUT2D eigenvalue weighted by atomic mass is 16.5. The Hall–Kier alpha value is -4.05. The SMILES string of the molecule is CC(C)(C)c1ccc2c(c1)c1cc(C(C)(C)C)ccc1n2-c1ccc2nc3n(c2c1)-c1ccccc1CO3. The Morgan fingerprint density at radius 1 is 0.658 bits per heavy atom. The second-order valence-electron chi connectivity index (χ2n) is 12.6. The van der Waals surface area contributed by atoms with E-state index in [1.807, 2.05) is 0 Å². The molecule has 3 heterocycles. The van der Waals surface area contributed by atoms with Gasteiger partial charge in [-0.2, -0.15) is 4.98 Å². The number of rotatable bonds is 1. The third kappa shape index (κ3) is 3.39. The Bertz CT molecular complexity index is 1820. The van der Waals surface area contributed by atoms with Gasteiger partial charge in [0.25, 0.3) is 0 Å². The highest BCUT2D eigenvalue weighted by Crippen LogP contribution is 2.39. The molecule has 0 fully saturated rings. The molecule has 0 amide bonds. The fraction of sp³-hybridized carbons (Fsp3) is 0.265. The third-order valence-electron chi connectivity index (χ3n) is 7.95. The first-order chi connectivity index (χ1) is 18.1. The van der Waals surface area contributed by atoms with E-state index < -0.39 is 0 Å². The minimum absolute atomic E-state index is 0.0766. The first-order valence-corrected chi connectivity index (χ1v) is 13.4. The summed E-state index contributed by atoms with van der Waals surface area (Å²) < 4.78 is 10.6. The van der Waals surface area contributed by atoms with Crippen LogP contribution in [0.5, 0.6) is 6.01 Å². The summed E-state index contributed by atoms with van der Waals surface area (Å²) in [4.78, 5) is 4.81. The molecule has 6 aromatic rings. The molecule has 0 spiro atoms. The van der Waals surface area contributed by atoms with Gasteiger partial charge in [-0.05, 0) is 70.5 Å². The molecule has 38 heavy (non-hydrogen) atoms. The van der Waals surface area contributed by atoms with Crippen LogP contribution in [-0.2, 0) is 17.4 Å². The Kier molecular flexibility index (Phi) is 4.70. The van der Waals surface area contributed by atoms with Crippen molar-refractivity contribution in [3.63, 3.8) is 0 Å². The number of para-hydroxylation sites is 1. The van der Waals surface area contributed by atoms with Gasteiger partial charge in [-0.1, -0.05) is 71.9 Å². The van der Waals surface area contributed by atoms with Crippen LogP contribution < -0.4 is 4.74 Å². The highest BCUT2D eigenvalue weighted by molar-refractivity contribution is 6.10. The maximum absolute atomic E-state index is 6.04. The topological polar surface area (TPSA) is 32.0 Å². The molecule has 0 radical (unpaired) electrons. The molecule has 0 aliphatic carbocycles. The second-order valence-corrected chi connectivity index (χ2v) is 12.6. The van der Waals surface area contributed by atoms with Crippen molar-refractivity contribution in [2.45, 2.75) is 59.0 Å². The maximum atomic E-state index is 6.04. The summed E-state index contributed by atoms with van der Waals surface area (Å²) in [5.41, 5.74) is 10.7. The van der Waals surface area contributed by atoms with Crippen LogP contribution in [0.4, 0.5) is 0 Å². The minimum Gasteiger partial charge on any atom is -0.459 e. The number of hydrogen-bond acceptors (Lipinski definition) is 2. The fourth-order valence-electron chi connectivity index (χ4n) is 5.74. The van der Waals surface area contributed by atoms with Gasteiger partial charge in [0.2, 0.25) is 0 Å². The molecule has 4 heteroatoms. The van der Waals surface area contributed by atoms with Crippen molar-refractivity contribution in [1.29, 1.82) is 0 Å². The normalized spacial score (nSPS) is 13.6. The number of hydrogen-bond donors (Lipinski definition) is 0. The van der Waals surface area contributed by atoms with Crippen molar-refractivity contribution in [2.24, 2.45) is 0 Å². The van der Waals surface area contributed by atoms with Crippen molar-refractivity contribution in [3.05, 3.63) is 95.6 Å². The van der Waals surface area contributed by atoms with E-state index in [0.717, 1.165) is 22.4 Å². The van der Waals surface area contributed by atoms with Gasteiger partial charge in [-0.15, -0.1) is 0 Å². The average Bonchev–Trinajstić information content (AvgIpc) is 3.42. The lowest BCUT2D eigenvalue weighted by Crippen LogP contribution is -2.12. The molecule has 7 rings (SSSR count). The summed E-state index contributed by atoms with van der Waals surface area (Å²) in [7, 11) is 0. The Morgan fingerprint density at radius 2 is 1.29 bits per heavy atom. The van der Waals surface area contributed by atoms with Crippen LogP contribution in [0.25, 0.3) is 44.2 Å². The molecule has 0 atom stereocenters. The molecule has 0 saturated heterocycles. The van der Waals surface area contributed by atoms with E-state index in [9.17, 15) is 0 Å². The van der Waals surface area contributed by atoms with Gasteiger partial charge in [-0.25, -0.2) is 0 Å². The standard InChI is InChI=1S/C34H33N3O/c1-33(2,3)22-11-15-29-25(17-22)26-18-23(34(4,5)6)12-16-30(26)36(29)24-13-14-27-31(19-24)37-28-10-8-7-9-21(28)20-38-32(37)35-27/h7-19H,20H2,1-6H3. The Balaban J connectivity index is 1.53. The molecule has 1 aliphatic rings. The van der Waals surface area contributed by atoms with Gasteiger partial charge in [0, 0.05) is 22.0 Å². The minimum atomic E-state index is 0.0766. The first-order valence-electron chi connectivity index (χ1n) is 13.4. The molecule has 1 aliphatic heterocycles. The molecular weight excluding hydrogens is 466 g/mol. The molecule has 0 unspecified atom stereocenters. The number of nitrogens with zero attached hydrogens (tertiary/aromatic N) is 3. The van der Waals surface area contributed by atoms with E-state index in [1.54, 1.807) is 0 Å². The molecule has 190 valence electrons. The predicted octanol–water partition coefficient (Wildman–Crippen LogP) is 8.61. The van der Waals surface area contributed by atoms with Gasteiger partial charge >= 0.3 is 6.01 Å². The lowest BCUT2D eigenvalue weighted by atomic mass is 9.85. The highest BCUT2D eigenvalue weighted by Gasteiger charge is 2.24. The smallest absolute Gasteiger partial charge is 0.302 e. The largest absolute Gasteiger partial charge is 0.459 e. The number of benzene rings is 4. The quantitative estimate of drug-likeness (QED) is 0.227. The zero-order chi connectivity index (χ0) is 26.4. The summed E-state index contributed by atoms with van der Waals surface area (Å²) in [6.45, 7) is 14.2. The van der Waals surface area contributed by atoms with Crippen LogP contribution in [-0.4, -0.2) is 14.1 Å². The van der Waals surface area contributed by atoms with Gasteiger partial charge in [0.15, 0.2) is 0 Å². The fourth-order valence-corrected chi connectivity index (χ4v) is 5.74. The molecule has 0 bridgehead atoms. The van der Waals surface area contributed by atoms with E-state index in [1.165, 1.54) is 38.5 Å². The van der Waals surface area contributed by atoms with Gasteiger partial charge in [-0.3, -0.25) is 4.57 Å². The van der Waals surface area contributed by atoms with E-state index in [4.69, 9.17) is 9.72 Å². The third-order valence-corrected chi connectivity index (χ3v) is 7.95. The summed E-state index contributed by atoms with van der Waals surface area (Å²) in [6.07, 6.45) is 0. The summed E-state index contributed by atoms with van der Waals surface area (Å²) in [5.74, 6) is 0. The van der Waals surface area contributed by atoms with Crippen LogP contribution in [0.3, 0.4) is 0 Å². The van der Waals surface area contributed by atoms with Crippen LogP contribution in [0.15, 0.2) is 78.9 Å². The number of imidazole rings is 1. The zero-order valence-electron chi connectivity index (χ0n) is 23.0. The summed E-state index contributed by atoms with van der Waals surface area (Å²) in [5, 5.41) is 2.59. The first kappa shape index (κ1) is 23.1. The molecule has 0 N–H and O–H groups in total. The molecule has 2 aromatic heterocycles. The average molecular weight is 500 g/mol.